The van der Waals surface area contributed by atoms with Crippen molar-refractivity contribution in [2.75, 3.05) is 11.4 Å². The zero-order chi connectivity index (χ0) is 13.2. The van der Waals surface area contributed by atoms with E-state index in [1.807, 2.05) is 6.20 Å². The van der Waals surface area contributed by atoms with Gasteiger partial charge in [0.15, 0.2) is 0 Å². The van der Waals surface area contributed by atoms with Crippen molar-refractivity contribution >= 4 is 5.69 Å². The second-order valence-electron chi connectivity index (χ2n) is 6.31. The number of nitrogens with one attached hydrogen (secondary N) is 1. The van der Waals surface area contributed by atoms with Gasteiger partial charge in [-0.3, -0.25) is 4.98 Å². The van der Waals surface area contributed by atoms with E-state index in [9.17, 15) is 0 Å². The molecule has 1 aromatic rings. The monoisotopic (exact) mass is 259 g/mol. The van der Waals surface area contributed by atoms with Crippen molar-refractivity contribution in [3.63, 3.8) is 0 Å². The first-order chi connectivity index (χ1) is 9.25. The average molecular weight is 259 g/mol. The number of rotatable bonds is 5. The van der Waals surface area contributed by atoms with Gasteiger partial charge in [-0.25, -0.2) is 0 Å². The fraction of sp³-hybridized carbons (Fsp3) is 0.688. The van der Waals surface area contributed by atoms with Crippen molar-refractivity contribution in [1.82, 2.24) is 10.3 Å². The van der Waals surface area contributed by atoms with Gasteiger partial charge in [-0.2, -0.15) is 0 Å². The Balaban J connectivity index is 1.78. The first-order valence-electron chi connectivity index (χ1n) is 7.68. The summed E-state index contributed by atoms with van der Waals surface area (Å²) in [7, 11) is 0. The molecule has 1 unspecified atom stereocenters. The summed E-state index contributed by atoms with van der Waals surface area (Å²) in [5.41, 5.74) is 2.77. The van der Waals surface area contributed by atoms with Gasteiger partial charge in [-0.15, -0.1) is 0 Å². The summed E-state index contributed by atoms with van der Waals surface area (Å²) < 4.78 is 0. The third-order valence-electron chi connectivity index (χ3n) is 4.42. The quantitative estimate of drug-likeness (QED) is 0.881. The van der Waals surface area contributed by atoms with Crippen LogP contribution in [0.15, 0.2) is 18.5 Å². The lowest BCUT2D eigenvalue weighted by Gasteiger charge is -2.31. The van der Waals surface area contributed by atoms with Crippen LogP contribution < -0.4 is 10.2 Å². The summed E-state index contributed by atoms with van der Waals surface area (Å²) in [4.78, 5) is 6.94. The lowest BCUT2D eigenvalue weighted by atomic mass is 10.0. The van der Waals surface area contributed by atoms with Gasteiger partial charge in [0, 0.05) is 31.4 Å². The van der Waals surface area contributed by atoms with Crippen LogP contribution in [0.5, 0.6) is 0 Å². The van der Waals surface area contributed by atoms with Crippen molar-refractivity contribution in [2.45, 2.75) is 58.2 Å². The molecule has 104 valence electrons. The van der Waals surface area contributed by atoms with Gasteiger partial charge in [0.2, 0.25) is 0 Å². The fourth-order valence-corrected chi connectivity index (χ4v) is 3.15. The molecule has 1 N–H and O–H groups in total. The van der Waals surface area contributed by atoms with Crippen molar-refractivity contribution < 1.29 is 0 Å². The maximum atomic E-state index is 4.36. The van der Waals surface area contributed by atoms with E-state index in [2.05, 4.69) is 41.3 Å². The van der Waals surface area contributed by atoms with Crippen LogP contribution in [0, 0.1) is 5.92 Å². The van der Waals surface area contributed by atoms with E-state index in [1.54, 1.807) is 0 Å². The first-order valence-corrected chi connectivity index (χ1v) is 7.68. The number of pyridine rings is 1. The van der Waals surface area contributed by atoms with E-state index in [0.29, 0.717) is 12.0 Å². The number of anilines is 1. The normalized spacial score (nSPS) is 23.3. The van der Waals surface area contributed by atoms with Gasteiger partial charge in [-0.05, 0) is 43.2 Å². The minimum Gasteiger partial charge on any atom is -0.367 e. The Hall–Kier alpha value is -1.09. The van der Waals surface area contributed by atoms with Gasteiger partial charge >= 0.3 is 0 Å². The smallest absolute Gasteiger partial charge is 0.0600 e. The van der Waals surface area contributed by atoms with Crippen molar-refractivity contribution in [3.05, 3.63) is 24.0 Å². The SMILES string of the molecule is CC(C)C1CCCN1c1cnccc1CNC1CC1. The molecule has 2 heterocycles. The second-order valence-corrected chi connectivity index (χ2v) is 6.31. The topological polar surface area (TPSA) is 28.2 Å². The summed E-state index contributed by atoms with van der Waals surface area (Å²) >= 11 is 0. The predicted molar refractivity (Wildman–Crippen MR) is 79.3 cm³/mol. The fourth-order valence-electron chi connectivity index (χ4n) is 3.15. The van der Waals surface area contributed by atoms with E-state index in [-0.39, 0.29) is 0 Å². The lowest BCUT2D eigenvalue weighted by molar-refractivity contribution is 0.490. The Kier molecular flexibility index (Phi) is 3.74. The molecule has 1 atom stereocenters. The maximum Gasteiger partial charge on any atom is 0.0600 e. The highest BCUT2D eigenvalue weighted by Gasteiger charge is 2.29. The minimum atomic E-state index is 0.684. The molecule has 0 aromatic carbocycles. The largest absolute Gasteiger partial charge is 0.367 e. The van der Waals surface area contributed by atoms with Crippen LogP contribution in [0.25, 0.3) is 0 Å². The third kappa shape index (κ3) is 2.92. The zero-order valence-electron chi connectivity index (χ0n) is 12.1. The molecular formula is C16H25N3. The van der Waals surface area contributed by atoms with E-state index in [4.69, 9.17) is 0 Å². The first kappa shape index (κ1) is 12.9. The van der Waals surface area contributed by atoms with E-state index in [1.165, 1.54) is 43.5 Å². The Morgan fingerprint density at radius 3 is 2.95 bits per heavy atom. The van der Waals surface area contributed by atoms with Gasteiger partial charge in [-0.1, -0.05) is 13.8 Å². The summed E-state index contributed by atoms with van der Waals surface area (Å²) in [6, 6.07) is 3.63. The Labute approximate surface area is 116 Å². The van der Waals surface area contributed by atoms with Crippen molar-refractivity contribution in [1.29, 1.82) is 0 Å². The van der Waals surface area contributed by atoms with Crippen LogP contribution in [-0.4, -0.2) is 23.6 Å². The van der Waals surface area contributed by atoms with Gasteiger partial charge in [0.1, 0.15) is 0 Å². The molecule has 0 spiro atoms. The summed E-state index contributed by atoms with van der Waals surface area (Å²) in [6.45, 7) is 6.84. The van der Waals surface area contributed by atoms with Gasteiger partial charge in [0.25, 0.3) is 0 Å². The molecule has 19 heavy (non-hydrogen) atoms. The standard InChI is InChI=1S/C16H25N3/c1-12(2)15-4-3-9-19(15)16-11-17-8-7-13(16)10-18-14-5-6-14/h7-8,11-12,14-15,18H,3-6,9-10H2,1-2H3. The van der Waals surface area contributed by atoms with Crippen LogP contribution in [0.4, 0.5) is 5.69 Å². The van der Waals surface area contributed by atoms with Crippen LogP contribution >= 0.6 is 0 Å². The lowest BCUT2D eigenvalue weighted by Crippen LogP contribution is -2.34. The Bertz CT molecular complexity index is 426. The number of nitrogens with zero attached hydrogens (tertiary/aromatic N) is 2. The molecule has 0 radical (unpaired) electrons. The van der Waals surface area contributed by atoms with Crippen LogP contribution in [0.2, 0.25) is 0 Å². The highest BCUT2D eigenvalue weighted by atomic mass is 15.2. The van der Waals surface area contributed by atoms with Crippen LogP contribution in [-0.2, 0) is 6.54 Å². The van der Waals surface area contributed by atoms with Crippen molar-refractivity contribution in [3.8, 4) is 0 Å². The van der Waals surface area contributed by atoms with Gasteiger partial charge in [0.05, 0.1) is 11.9 Å². The number of hydrogen-bond acceptors (Lipinski definition) is 3. The molecule has 3 nitrogen and oxygen atoms in total. The zero-order valence-corrected chi connectivity index (χ0v) is 12.1. The molecule has 2 fully saturated rings. The molecule has 0 bridgehead atoms. The van der Waals surface area contributed by atoms with Gasteiger partial charge < -0.3 is 10.2 Å². The molecule has 1 aliphatic heterocycles. The van der Waals surface area contributed by atoms with Crippen molar-refractivity contribution in [2.24, 2.45) is 5.92 Å². The number of hydrogen-bond donors (Lipinski definition) is 1. The second kappa shape index (κ2) is 5.49. The van der Waals surface area contributed by atoms with E-state index in [0.717, 1.165) is 12.6 Å². The summed E-state index contributed by atoms with van der Waals surface area (Å²) in [6.07, 6.45) is 9.31. The molecule has 3 heteroatoms. The third-order valence-corrected chi connectivity index (χ3v) is 4.42. The molecule has 1 aromatic heterocycles. The predicted octanol–water partition coefficient (Wildman–Crippen LogP) is 2.96. The van der Waals surface area contributed by atoms with E-state index < -0.39 is 0 Å². The highest BCUT2D eigenvalue weighted by Crippen LogP contribution is 2.32. The summed E-state index contributed by atoms with van der Waals surface area (Å²) in [5, 5.41) is 3.63. The Morgan fingerprint density at radius 1 is 1.37 bits per heavy atom. The molecular weight excluding hydrogens is 234 g/mol. The molecule has 2 aliphatic rings. The van der Waals surface area contributed by atoms with E-state index >= 15 is 0 Å². The molecule has 3 rings (SSSR count). The molecule has 1 aliphatic carbocycles. The summed E-state index contributed by atoms with van der Waals surface area (Å²) in [5.74, 6) is 0.715. The Morgan fingerprint density at radius 2 is 2.21 bits per heavy atom. The maximum absolute atomic E-state index is 4.36. The molecule has 1 saturated heterocycles. The highest BCUT2D eigenvalue weighted by molar-refractivity contribution is 5.53. The molecule has 0 amide bonds. The number of aromatic nitrogens is 1. The molecule has 1 saturated carbocycles. The van der Waals surface area contributed by atoms with Crippen LogP contribution in [0.3, 0.4) is 0 Å². The average Bonchev–Trinajstić information content (AvgIpc) is 3.11. The minimum absolute atomic E-state index is 0.684. The van der Waals surface area contributed by atoms with Crippen LogP contribution in [0.1, 0.15) is 45.1 Å².